The summed E-state index contributed by atoms with van der Waals surface area (Å²) in [5, 5.41) is 31.2. The molecule has 2 heterocycles. The van der Waals surface area contributed by atoms with Gasteiger partial charge in [-0.3, -0.25) is 9.35 Å². The number of hydrogen-bond acceptors (Lipinski definition) is 9. The van der Waals surface area contributed by atoms with Gasteiger partial charge in [-0.05, 0) is 49.0 Å². The molecule has 5 rings (SSSR count). The Labute approximate surface area is 235 Å². The van der Waals surface area contributed by atoms with E-state index >= 15 is 0 Å². The zero-order valence-corrected chi connectivity index (χ0v) is 24.4. The Morgan fingerprint density at radius 1 is 1.20 bits per heavy atom. The number of carbonyl (C=O) groups is 1. The maximum absolute atomic E-state index is 13.3. The molecule has 0 bridgehead atoms. The number of phenolic OH excluding ortho intramolecular Hbond substituents is 1. The monoisotopic (exact) mass is 583 g/mol. The standard InChI is InChI=1S/C28H41NO10S/c1-16-5-6-22-26(2,3)23(32)7-8-27(22,4)28(16)12-19-21(31)11-18-20(24(19)38-28)13-29(25(18)33)9-10-37-15-17(14-30)39-40(34,35)36/h11,16-17,22-23,30-32H,5-10,12-15H2,1-4H3,(H,34,35,36). The summed E-state index contributed by atoms with van der Waals surface area (Å²) in [5.41, 5.74) is 0.807. The van der Waals surface area contributed by atoms with Gasteiger partial charge in [-0.1, -0.05) is 27.7 Å². The fraction of sp³-hybridized carbons (Fsp3) is 0.750. The van der Waals surface area contributed by atoms with Gasteiger partial charge in [0.25, 0.3) is 5.91 Å². The van der Waals surface area contributed by atoms with Crippen LogP contribution in [0, 0.1) is 22.7 Å². The van der Waals surface area contributed by atoms with Crippen LogP contribution < -0.4 is 4.74 Å². The molecule has 1 aromatic carbocycles. The van der Waals surface area contributed by atoms with Crippen molar-refractivity contribution in [2.75, 3.05) is 26.4 Å². The Bertz CT molecular complexity index is 1280. The van der Waals surface area contributed by atoms with Crippen molar-refractivity contribution in [2.45, 2.75) is 84.2 Å². The summed E-state index contributed by atoms with van der Waals surface area (Å²) in [4.78, 5) is 14.8. The second-order valence-corrected chi connectivity index (χ2v) is 13.9. The van der Waals surface area contributed by atoms with E-state index in [2.05, 4.69) is 31.9 Å². The Morgan fingerprint density at radius 2 is 1.93 bits per heavy atom. The van der Waals surface area contributed by atoms with Gasteiger partial charge in [-0.25, -0.2) is 4.18 Å². The molecule has 2 saturated carbocycles. The van der Waals surface area contributed by atoms with Gasteiger partial charge < -0.3 is 29.7 Å². The highest BCUT2D eigenvalue weighted by Crippen LogP contribution is 2.67. The van der Waals surface area contributed by atoms with Gasteiger partial charge in [-0.2, -0.15) is 8.42 Å². The van der Waals surface area contributed by atoms with Crippen molar-refractivity contribution in [1.29, 1.82) is 0 Å². The Kier molecular flexibility index (Phi) is 7.45. The minimum Gasteiger partial charge on any atom is -0.508 e. The molecule has 0 radical (unpaired) electrons. The van der Waals surface area contributed by atoms with Crippen LogP contribution in [0.3, 0.4) is 0 Å². The first-order valence-corrected chi connectivity index (χ1v) is 15.4. The number of hydrogen-bond donors (Lipinski definition) is 4. The number of benzene rings is 1. The average Bonchev–Trinajstić information content (AvgIpc) is 3.42. The van der Waals surface area contributed by atoms with E-state index in [4.69, 9.17) is 14.0 Å². The molecule has 4 N–H and O–H groups in total. The van der Waals surface area contributed by atoms with Crippen molar-refractivity contribution in [3.8, 4) is 11.5 Å². The van der Waals surface area contributed by atoms with Crippen molar-refractivity contribution < 1.29 is 46.7 Å². The normalized spacial score (nSPS) is 33.4. The molecule has 6 atom stereocenters. The van der Waals surface area contributed by atoms with Gasteiger partial charge in [-0.15, -0.1) is 0 Å². The number of ether oxygens (including phenoxy) is 2. The van der Waals surface area contributed by atoms with E-state index in [0.717, 1.165) is 30.4 Å². The molecule has 2 fully saturated rings. The number of aliphatic hydroxyl groups excluding tert-OH is 2. The fourth-order valence-corrected chi connectivity index (χ4v) is 8.64. The lowest BCUT2D eigenvalue weighted by atomic mass is 9.43. The lowest BCUT2D eigenvalue weighted by Crippen LogP contribution is -2.66. The third-order valence-electron chi connectivity index (χ3n) is 10.4. The molecule has 11 nitrogen and oxygen atoms in total. The number of carbonyl (C=O) groups excluding carboxylic acids is 1. The van der Waals surface area contributed by atoms with Gasteiger partial charge in [0.1, 0.15) is 23.2 Å². The minimum atomic E-state index is -4.73. The highest BCUT2D eigenvalue weighted by molar-refractivity contribution is 7.80. The molecule has 6 unspecified atom stereocenters. The Balaban J connectivity index is 1.35. The Morgan fingerprint density at radius 3 is 2.60 bits per heavy atom. The molecule has 1 amide bonds. The molecule has 0 saturated heterocycles. The molecule has 1 aromatic rings. The topological polar surface area (TPSA) is 163 Å². The first kappa shape index (κ1) is 29.5. The first-order valence-electron chi connectivity index (χ1n) is 14.0. The smallest absolute Gasteiger partial charge is 0.397 e. The van der Waals surface area contributed by atoms with Gasteiger partial charge in [0.15, 0.2) is 0 Å². The molecule has 0 aromatic heterocycles. The van der Waals surface area contributed by atoms with Crippen molar-refractivity contribution in [3.63, 3.8) is 0 Å². The molecule has 224 valence electrons. The van der Waals surface area contributed by atoms with Crippen LogP contribution in [0.4, 0.5) is 0 Å². The predicted molar refractivity (Wildman–Crippen MR) is 143 cm³/mol. The number of phenols is 1. The summed E-state index contributed by atoms with van der Waals surface area (Å²) in [6.07, 6.45) is 2.38. The predicted octanol–water partition coefficient (Wildman–Crippen LogP) is 2.45. The summed E-state index contributed by atoms with van der Waals surface area (Å²) in [7, 11) is -4.73. The van der Waals surface area contributed by atoms with Crippen LogP contribution in [0.2, 0.25) is 0 Å². The summed E-state index contributed by atoms with van der Waals surface area (Å²) >= 11 is 0. The molecule has 4 aliphatic rings. The van der Waals surface area contributed by atoms with Gasteiger partial charge >= 0.3 is 10.4 Å². The number of amides is 1. The van der Waals surface area contributed by atoms with Gasteiger partial charge in [0, 0.05) is 29.5 Å². The zero-order chi connectivity index (χ0) is 29.3. The van der Waals surface area contributed by atoms with Gasteiger partial charge in [0.2, 0.25) is 0 Å². The van der Waals surface area contributed by atoms with Crippen LogP contribution in [-0.4, -0.2) is 83.3 Å². The van der Waals surface area contributed by atoms with E-state index in [-0.39, 0.29) is 66.7 Å². The molecule has 12 heteroatoms. The van der Waals surface area contributed by atoms with Crippen LogP contribution >= 0.6 is 0 Å². The van der Waals surface area contributed by atoms with Crippen molar-refractivity contribution >= 4 is 16.3 Å². The largest absolute Gasteiger partial charge is 0.508 e. The van der Waals surface area contributed by atoms with Crippen LogP contribution in [-0.2, 0) is 32.3 Å². The van der Waals surface area contributed by atoms with E-state index in [9.17, 15) is 28.5 Å². The second-order valence-electron chi connectivity index (χ2n) is 12.9. The van der Waals surface area contributed by atoms with Crippen LogP contribution in [0.1, 0.15) is 74.9 Å². The number of aromatic hydroxyl groups is 1. The first-order chi connectivity index (χ1) is 18.6. The highest BCUT2D eigenvalue weighted by atomic mass is 32.3. The maximum Gasteiger partial charge on any atom is 0.397 e. The van der Waals surface area contributed by atoms with E-state index < -0.39 is 28.7 Å². The quantitative estimate of drug-likeness (QED) is 0.264. The van der Waals surface area contributed by atoms with Crippen LogP contribution in [0.25, 0.3) is 0 Å². The summed E-state index contributed by atoms with van der Waals surface area (Å²) < 4.78 is 47.3. The third-order valence-corrected chi connectivity index (χ3v) is 11.0. The Hall–Kier alpha value is -1.96. The van der Waals surface area contributed by atoms with Crippen LogP contribution in [0.5, 0.6) is 11.5 Å². The van der Waals surface area contributed by atoms with Crippen molar-refractivity contribution in [2.24, 2.45) is 22.7 Å². The van der Waals surface area contributed by atoms with E-state index in [0.29, 0.717) is 24.2 Å². The fourth-order valence-electron chi connectivity index (χ4n) is 8.18. The van der Waals surface area contributed by atoms with E-state index in [1.807, 2.05) is 0 Å². The lowest BCUT2D eigenvalue weighted by molar-refractivity contribution is -0.210. The van der Waals surface area contributed by atoms with Crippen LogP contribution in [0.15, 0.2) is 6.07 Å². The number of aliphatic hydroxyl groups is 2. The summed E-state index contributed by atoms with van der Waals surface area (Å²) in [6.45, 7) is 8.32. The minimum absolute atomic E-state index is 0.0399. The average molecular weight is 584 g/mol. The lowest BCUT2D eigenvalue weighted by Gasteiger charge is -2.64. The molecule has 40 heavy (non-hydrogen) atoms. The summed E-state index contributed by atoms with van der Waals surface area (Å²) in [5.74, 6) is 0.835. The van der Waals surface area contributed by atoms with Crippen molar-refractivity contribution in [1.82, 2.24) is 4.90 Å². The molecule has 2 aliphatic carbocycles. The van der Waals surface area contributed by atoms with Gasteiger partial charge in [0.05, 0.1) is 38.0 Å². The van der Waals surface area contributed by atoms with E-state index in [1.165, 1.54) is 6.07 Å². The third kappa shape index (κ3) is 4.60. The maximum atomic E-state index is 13.3. The molecular weight excluding hydrogens is 542 g/mol. The zero-order valence-electron chi connectivity index (χ0n) is 23.6. The van der Waals surface area contributed by atoms with Crippen molar-refractivity contribution in [3.05, 3.63) is 22.8 Å². The summed E-state index contributed by atoms with van der Waals surface area (Å²) in [6, 6.07) is 1.53. The molecular formula is C28H41NO10S. The molecule has 1 spiro atoms. The van der Waals surface area contributed by atoms with E-state index in [1.54, 1.807) is 4.90 Å². The molecule has 2 aliphatic heterocycles. The highest BCUT2D eigenvalue weighted by Gasteiger charge is 2.67. The SMILES string of the molecule is CC1CCC2C(C)(C)C(O)CCC2(C)C12Cc1c(O)cc3c(c1O2)CN(CCOCC(CO)OS(=O)(=O)O)C3=O. The number of nitrogens with zero attached hydrogens (tertiary/aromatic N) is 1. The number of fused-ring (bicyclic) bond motifs is 5. The number of rotatable bonds is 8. The second kappa shape index (κ2) is 10.1.